The van der Waals surface area contributed by atoms with Crippen molar-refractivity contribution in [3.63, 3.8) is 0 Å². The molecule has 24 heteroatoms. The van der Waals surface area contributed by atoms with Gasteiger partial charge in [0.2, 0.25) is 5.95 Å². The van der Waals surface area contributed by atoms with E-state index in [1.165, 1.54) is 0 Å². The third-order valence-electron chi connectivity index (χ3n) is 5.25. The van der Waals surface area contributed by atoms with Gasteiger partial charge >= 0.3 is 6.08 Å². The topological polar surface area (TPSA) is 315 Å². The van der Waals surface area contributed by atoms with Crippen LogP contribution in [-0.4, -0.2) is 53.9 Å². The minimum Gasteiger partial charge on any atom is -0.382 e. The number of nitrogen functional groups attached to an aromatic ring is 2. The molecule has 0 fully saturated rings. The third kappa shape index (κ3) is 8.08. The molecule has 0 saturated heterocycles. The molecule has 2 aromatic carbocycles. The van der Waals surface area contributed by atoms with Crippen molar-refractivity contribution < 1.29 is 47.7 Å². The number of halogens is 2. The predicted octanol–water partition coefficient (Wildman–Crippen LogP) is 3.63. The average Bonchev–Trinajstić information content (AvgIpc) is 2.89. The first kappa shape index (κ1) is 32.8. The van der Waals surface area contributed by atoms with E-state index in [1.54, 1.807) is 0 Å². The summed E-state index contributed by atoms with van der Waals surface area (Å²) in [5.74, 6) is -2.37. The first-order valence-electron chi connectivity index (χ1n) is 11.4. The van der Waals surface area contributed by atoms with Crippen molar-refractivity contribution >= 4 is 76.2 Å². The maximum absolute atomic E-state index is 13.4. The van der Waals surface area contributed by atoms with Crippen LogP contribution in [0.3, 0.4) is 0 Å². The molecule has 0 aliphatic rings. The summed E-state index contributed by atoms with van der Waals surface area (Å²) in [6, 6.07) is 6.64. The van der Waals surface area contributed by atoms with Gasteiger partial charge in [-0.05, 0) is 36.4 Å². The largest absolute Gasteiger partial charge is 0.382 e. The number of nitrogens with one attached hydrogen (secondary N) is 1. The van der Waals surface area contributed by atoms with Gasteiger partial charge in [0.15, 0.2) is 11.6 Å². The Morgan fingerprint density at radius 2 is 1.13 bits per heavy atom. The lowest BCUT2D eigenvalue weighted by Crippen LogP contribution is -2.02. The number of pyridine rings is 1. The van der Waals surface area contributed by atoms with E-state index in [-0.39, 0.29) is 22.9 Å². The molecule has 0 spiro atoms. The summed E-state index contributed by atoms with van der Waals surface area (Å²) in [5, 5.41) is 17.2. The van der Waals surface area contributed by atoms with Crippen LogP contribution in [0.2, 0.25) is 0 Å². The molecular weight excluding hydrogens is 670 g/mol. The van der Waals surface area contributed by atoms with Gasteiger partial charge in [0, 0.05) is 17.8 Å². The highest BCUT2D eigenvalue weighted by Crippen LogP contribution is 2.36. The number of nitrogens with two attached hydrogens (primary N) is 2. The number of azo groups is 2. The number of anilines is 4. The molecule has 2 heterocycles. The molecule has 0 saturated carbocycles. The van der Waals surface area contributed by atoms with Gasteiger partial charge in [0.1, 0.15) is 38.4 Å². The summed E-state index contributed by atoms with van der Waals surface area (Å²) < 4.78 is 125. The summed E-state index contributed by atoms with van der Waals surface area (Å²) in [7, 11) is -14.7. The highest BCUT2D eigenvalue weighted by Gasteiger charge is 2.21. The lowest BCUT2D eigenvalue weighted by Gasteiger charge is -2.09. The van der Waals surface area contributed by atoms with Crippen LogP contribution in [-0.2, 0) is 30.4 Å². The summed E-state index contributed by atoms with van der Waals surface area (Å²) in [6.07, 6.45) is -1.40. The molecular formula is C21H16F2N10O9S3. The summed E-state index contributed by atoms with van der Waals surface area (Å²) >= 11 is 0. The molecule has 4 aromatic rings. The first-order valence-corrected chi connectivity index (χ1v) is 15.7. The average molecular weight is 687 g/mol. The van der Waals surface area contributed by atoms with Gasteiger partial charge in [-0.1, -0.05) is 0 Å². The number of hydrogen-bond acceptors (Lipinski definition) is 16. The highest BCUT2D eigenvalue weighted by atomic mass is 32.2. The van der Waals surface area contributed by atoms with Crippen LogP contribution in [0.4, 0.5) is 54.7 Å². The van der Waals surface area contributed by atoms with Crippen LogP contribution in [0.1, 0.15) is 0 Å². The van der Waals surface area contributed by atoms with Gasteiger partial charge in [0.25, 0.3) is 30.4 Å². The maximum atomic E-state index is 13.4. The van der Waals surface area contributed by atoms with Gasteiger partial charge < -0.3 is 16.8 Å². The van der Waals surface area contributed by atoms with Gasteiger partial charge in [-0.25, -0.2) is 4.98 Å². The fourth-order valence-corrected chi connectivity index (χ4v) is 5.05. The minimum atomic E-state index is -4.96. The number of hydrogen-bond donors (Lipinski definition) is 6. The van der Waals surface area contributed by atoms with E-state index in [9.17, 15) is 47.7 Å². The second-order valence-corrected chi connectivity index (χ2v) is 12.6. The molecule has 0 aliphatic heterocycles. The quantitative estimate of drug-likeness (QED) is 0.0633. The number of aromatic nitrogens is 3. The van der Waals surface area contributed by atoms with E-state index in [0.29, 0.717) is 18.2 Å². The van der Waals surface area contributed by atoms with Crippen molar-refractivity contribution in [2.45, 2.75) is 14.7 Å². The van der Waals surface area contributed by atoms with E-state index in [2.05, 4.69) is 40.7 Å². The molecule has 0 atom stereocenters. The second kappa shape index (κ2) is 12.1. The van der Waals surface area contributed by atoms with E-state index in [0.717, 1.165) is 30.3 Å². The zero-order valence-corrected chi connectivity index (χ0v) is 24.1. The van der Waals surface area contributed by atoms with Crippen molar-refractivity contribution in [1.29, 1.82) is 0 Å². The second-order valence-electron chi connectivity index (χ2n) is 8.40. The van der Waals surface area contributed by atoms with Gasteiger partial charge in [-0.3, -0.25) is 13.7 Å². The van der Waals surface area contributed by atoms with Crippen molar-refractivity contribution in [3.8, 4) is 0 Å². The van der Waals surface area contributed by atoms with E-state index in [1.807, 2.05) is 0 Å². The van der Waals surface area contributed by atoms with E-state index >= 15 is 0 Å². The number of nitrogens with zero attached hydrogens (tertiary/aromatic N) is 7. The Hall–Kier alpha value is -5.14. The zero-order chi connectivity index (χ0) is 33.3. The van der Waals surface area contributed by atoms with Crippen molar-refractivity contribution in [1.82, 2.24) is 15.0 Å². The molecule has 2 aromatic heterocycles. The molecule has 45 heavy (non-hydrogen) atoms. The van der Waals surface area contributed by atoms with Crippen LogP contribution in [0, 0.1) is 12.0 Å². The Labute approximate surface area is 251 Å². The van der Waals surface area contributed by atoms with Crippen molar-refractivity contribution in [2.24, 2.45) is 20.5 Å². The van der Waals surface area contributed by atoms with Crippen molar-refractivity contribution in [3.05, 3.63) is 60.6 Å². The lowest BCUT2D eigenvalue weighted by molar-refractivity contribution is 0.478. The Morgan fingerprint density at radius 1 is 0.622 bits per heavy atom. The van der Waals surface area contributed by atoms with Crippen LogP contribution in [0.25, 0.3) is 0 Å². The standard InChI is InChI=1S/C21H16F2N10O9S3/c22-17-8-18(28-21(23)27-17)26-9-1-3-15(44(37,38)39)11(5-9)30-32-13-7-14(20(25)29-19(13)24)33-31-12-6-10(43(34,35)36)2-4-16(12)45(40,41)42/h1-8H,(H4,24,25,29)(H,26,27,28)(H,34,35,36)(H,37,38,39)(H,40,41,42)/b32-30+,33-31+. The normalized spacial score (nSPS) is 12.6. The highest BCUT2D eigenvalue weighted by molar-refractivity contribution is 7.86. The third-order valence-corrected chi connectivity index (χ3v) is 7.90. The van der Waals surface area contributed by atoms with Crippen LogP contribution < -0.4 is 16.8 Å². The monoisotopic (exact) mass is 686 g/mol. The van der Waals surface area contributed by atoms with Gasteiger partial charge in [-0.2, -0.15) is 44.0 Å². The minimum absolute atomic E-state index is 0.0199. The Kier molecular flexibility index (Phi) is 8.81. The Morgan fingerprint density at radius 3 is 1.64 bits per heavy atom. The molecule has 0 bridgehead atoms. The smallest absolute Gasteiger partial charge is 0.313 e. The van der Waals surface area contributed by atoms with Crippen LogP contribution >= 0.6 is 0 Å². The van der Waals surface area contributed by atoms with Crippen LogP contribution in [0.5, 0.6) is 0 Å². The fraction of sp³-hybridized carbons (Fsp3) is 0. The molecule has 0 aliphatic carbocycles. The van der Waals surface area contributed by atoms with Gasteiger partial charge in [-0.15, -0.1) is 20.5 Å². The molecule has 0 radical (unpaired) electrons. The SMILES string of the molecule is Nc1nc(N)c(/N=N/c2cc(S(=O)(=O)O)ccc2S(=O)(=O)O)cc1/N=N/c1cc(Nc2cc(F)nc(F)n2)ccc1S(=O)(=O)O. The summed E-state index contributed by atoms with van der Waals surface area (Å²) in [5.41, 5.74) is 9.61. The van der Waals surface area contributed by atoms with E-state index in [4.69, 9.17) is 11.5 Å². The lowest BCUT2D eigenvalue weighted by atomic mass is 10.3. The zero-order valence-electron chi connectivity index (χ0n) is 21.7. The molecule has 0 unspecified atom stereocenters. The Balaban J connectivity index is 1.75. The predicted molar refractivity (Wildman–Crippen MR) is 149 cm³/mol. The summed E-state index contributed by atoms with van der Waals surface area (Å²) in [4.78, 5) is 7.51. The maximum Gasteiger partial charge on any atom is 0.313 e. The molecule has 0 amide bonds. The molecule has 8 N–H and O–H groups in total. The molecule has 4 rings (SSSR count). The molecule has 19 nitrogen and oxygen atoms in total. The van der Waals surface area contributed by atoms with Crippen molar-refractivity contribution in [2.75, 3.05) is 16.8 Å². The van der Waals surface area contributed by atoms with E-state index < -0.39 is 80.1 Å². The summed E-state index contributed by atoms with van der Waals surface area (Å²) in [6.45, 7) is 0. The number of rotatable bonds is 9. The fourth-order valence-electron chi connectivity index (χ4n) is 3.34. The molecule has 236 valence electrons. The Bertz CT molecular complexity index is 2210. The number of benzene rings is 2. The van der Waals surface area contributed by atoms with Gasteiger partial charge in [0.05, 0.1) is 4.90 Å². The first-order chi connectivity index (χ1) is 20.8. The van der Waals surface area contributed by atoms with Crippen LogP contribution in [0.15, 0.2) is 83.7 Å².